The van der Waals surface area contributed by atoms with Crippen LogP contribution in [0.2, 0.25) is 0 Å². The van der Waals surface area contributed by atoms with E-state index in [4.69, 9.17) is 5.26 Å². The van der Waals surface area contributed by atoms with Gasteiger partial charge < -0.3 is 5.32 Å². The molecule has 0 radical (unpaired) electrons. The summed E-state index contributed by atoms with van der Waals surface area (Å²) in [5.74, 6) is 0.687. The van der Waals surface area contributed by atoms with Crippen LogP contribution in [0.4, 0.5) is 5.82 Å². The van der Waals surface area contributed by atoms with Crippen LogP contribution in [0.25, 0.3) is 0 Å². The Labute approximate surface area is 91.1 Å². The van der Waals surface area contributed by atoms with Gasteiger partial charge in [0.1, 0.15) is 11.9 Å². The molecule has 0 aliphatic rings. The maximum Gasteiger partial charge on any atom is 0.144 e. The summed E-state index contributed by atoms with van der Waals surface area (Å²) >= 11 is 0. The van der Waals surface area contributed by atoms with Crippen LogP contribution in [0.3, 0.4) is 0 Å². The third kappa shape index (κ3) is 3.59. The number of pyridine rings is 1. The summed E-state index contributed by atoms with van der Waals surface area (Å²) in [5, 5.41) is 12.1. The number of aromatic nitrogens is 1. The highest BCUT2D eigenvalue weighted by molar-refractivity contribution is 5.52. The molecule has 1 N–H and O–H groups in total. The molecule has 0 amide bonds. The minimum absolute atomic E-state index is 0.179. The SMILES string of the molecule is Cc1ccc(C#N)c(NCC(C)(C)C)n1. The van der Waals surface area contributed by atoms with Crippen molar-refractivity contribution < 1.29 is 0 Å². The van der Waals surface area contributed by atoms with Crippen molar-refractivity contribution in [2.75, 3.05) is 11.9 Å². The third-order valence-corrected chi connectivity index (χ3v) is 1.94. The fourth-order valence-electron chi connectivity index (χ4n) is 1.13. The first kappa shape index (κ1) is 11.5. The number of hydrogen-bond acceptors (Lipinski definition) is 3. The van der Waals surface area contributed by atoms with Gasteiger partial charge in [-0.1, -0.05) is 20.8 Å². The van der Waals surface area contributed by atoms with Crippen molar-refractivity contribution in [2.24, 2.45) is 5.41 Å². The molecule has 0 aromatic carbocycles. The summed E-state index contributed by atoms with van der Waals surface area (Å²) in [5.41, 5.74) is 1.70. The van der Waals surface area contributed by atoms with Crippen molar-refractivity contribution in [3.8, 4) is 6.07 Å². The van der Waals surface area contributed by atoms with Crippen molar-refractivity contribution >= 4 is 5.82 Å². The Hall–Kier alpha value is -1.56. The number of anilines is 1. The summed E-state index contributed by atoms with van der Waals surface area (Å²) in [6.45, 7) is 9.15. The van der Waals surface area contributed by atoms with Crippen LogP contribution in [-0.2, 0) is 0 Å². The van der Waals surface area contributed by atoms with Crippen LogP contribution in [0.5, 0.6) is 0 Å². The summed E-state index contributed by atoms with van der Waals surface area (Å²) in [4.78, 5) is 4.31. The zero-order chi connectivity index (χ0) is 11.5. The van der Waals surface area contributed by atoms with Crippen molar-refractivity contribution in [2.45, 2.75) is 27.7 Å². The van der Waals surface area contributed by atoms with Crippen molar-refractivity contribution in [3.05, 3.63) is 23.4 Å². The average molecular weight is 203 g/mol. The lowest BCUT2D eigenvalue weighted by Crippen LogP contribution is -2.20. The van der Waals surface area contributed by atoms with Gasteiger partial charge in [0.2, 0.25) is 0 Å². The summed E-state index contributed by atoms with van der Waals surface area (Å²) < 4.78 is 0. The van der Waals surface area contributed by atoms with Gasteiger partial charge in [0.15, 0.2) is 0 Å². The number of nitriles is 1. The standard InChI is InChI=1S/C12H17N3/c1-9-5-6-10(7-13)11(15-9)14-8-12(2,3)4/h5-6H,8H2,1-4H3,(H,14,15). The molecule has 0 fully saturated rings. The second-order valence-corrected chi connectivity index (χ2v) is 4.87. The van der Waals surface area contributed by atoms with E-state index in [1.807, 2.05) is 13.0 Å². The molecule has 0 spiro atoms. The highest BCUT2D eigenvalue weighted by Crippen LogP contribution is 2.17. The fraction of sp³-hybridized carbons (Fsp3) is 0.500. The lowest BCUT2D eigenvalue weighted by Gasteiger charge is -2.19. The van der Waals surface area contributed by atoms with E-state index in [0.29, 0.717) is 11.4 Å². The Morgan fingerprint density at radius 2 is 2.07 bits per heavy atom. The molecular formula is C12H17N3. The lowest BCUT2D eigenvalue weighted by molar-refractivity contribution is 0.442. The van der Waals surface area contributed by atoms with Crippen LogP contribution < -0.4 is 5.32 Å². The van der Waals surface area contributed by atoms with Crippen LogP contribution in [0.1, 0.15) is 32.0 Å². The van der Waals surface area contributed by atoms with Gasteiger partial charge in [0.05, 0.1) is 5.56 Å². The largest absolute Gasteiger partial charge is 0.368 e. The highest BCUT2D eigenvalue weighted by atomic mass is 15.0. The van der Waals surface area contributed by atoms with Gasteiger partial charge in [0.25, 0.3) is 0 Å². The third-order valence-electron chi connectivity index (χ3n) is 1.94. The van der Waals surface area contributed by atoms with Gasteiger partial charge in [-0.05, 0) is 24.5 Å². The first-order valence-corrected chi connectivity index (χ1v) is 5.04. The maximum atomic E-state index is 8.91. The summed E-state index contributed by atoms with van der Waals surface area (Å²) in [6.07, 6.45) is 0. The second-order valence-electron chi connectivity index (χ2n) is 4.87. The van der Waals surface area contributed by atoms with Gasteiger partial charge in [-0.25, -0.2) is 4.98 Å². The Morgan fingerprint density at radius 3 is 2.60 bits per heavy atom. The molecule has 0 atom stereocenters. The predicted molar refractivity (Wildman–Crippen MR) is 61.6 cm³/mol. The Bertz CT molecular complexity index is 383. The average Bonchev–Trinajstić information content (AvgIpc) is 2.14. The molecular weight excluding hydrogens is 186 g/mol. The van der Waals surface area contributed by atoms with Gasteiger partial charge in [-0.2, -0.15) is 5.26 Å². The normalized spacial score (nSPS) is 10.9. The van der Waals surface area contributed by atoms with E-state index in [2.05, 4.69) is 37.1 Å². The number of aryl methyl sites for hydroxylation is 1. The minimum Gasteiger partial charge on any atom is -0.368 e. The molecule has 0 aliphatic heterocycles. The first-order valence-electron chi connectivity index (χ1n) is 5.04. The summed E-state index contributed by atoms with van der Waals surface area (Å²) in [6, 6.07) is 5.78. The Kier molecular flexibility index (Phi) is 3.31. The van der Waals surface area contributed by atoms with Gasteiger partial charge >= 0.3 is 0 Å². The molecule has 0 bridgehead atoms. The van der Waals surface area contributed by atoms with Gasteiger partial charge in [-0.15, -0.1) is 0 Å². The molecule has 80 valence electrons. The first-order chi connectivity index (χ1) is 6.92. The number of nitrogens with one attached hydrogen (secondary N) is 1. The fourth-order valence-corrected chi connectivity index (χ4v) is 1.13. The van der Waals surface area contributed by atoms with Crippen LogP contribution in [0.15, 0.2) is 12.1 Å². The van der Waals surface area contributed by atoms with E-state index >= 15 is 0 Å². The lowest BCUT2D eigenvalue weighted by atomic mass is 9.97. The number of rotatable bonds is 2. The van der Waals surface area contributed by atoms with Crippen LogP contribution in [-0.4, -0.2) is 11.5 Å². The monoisotopic (exact) mass is 203 g/mol. The van der Waals surface area contributed by atoms with E-state index in [1.165, 1.54) is 0 Å². The Balaban J connectivity index is 2.85. The molecule has 1 aromatic heterocycles. The van der Waals surface area contributed by atoms with E-state index < -0.39 is 0 Å². The smallest absolute Gasteiger partial charge is 0.144 e. The predicted octanol–water partition coefficient (Wildman–Crippen LogP) is 2.72. The second kappa shape index (κ2) is 4.31. The van der Waals surface area contributed by atoms with E-state index in [-0.39, 0.29) is 5.41 Å². The van der Waals surface area contributed by atoms with Gasteiger partial charge in [0, 0.05) is 12.2 Å². The molecule has 1 heterocycles. The van der Waals surface area contributed by atoms with E-state index in [9.17, 15) is 0 Å². The van der Waals surface area contributed by atoms with Crippen molar-refractivity contribution in [3.63, 3.8) is 0 Å². The molecule has 1 rings (SSSR count). The summed E-state index contributed by atoms with van der Waals surface area (Å²) in [7, 11) is 0. The highest BCUT2D eigenvalue weighted by Gasteiger charge is 2.11. The molecule has 0 saturated carbocycles. The molecule has 0 unspecified atom stereocenters. The van der Waals surface area contributed by atoms with Gasteiger partial charge in [-0.3, -0.25) is 0 Å². The number of hydrogen-bond donors (Lipinski definition) is 1. The minimum atomic E-state index is 0.179. The zero-order valence-corrected chi connectivity index (χ0v) is 9.76. The van der Waals surface area contributed by atoms with Crippen LogP contribution in [0, 0.1) is 23.7 Å². The number of nitrogens with zero attached hydrogens (tertiary/aromatic N) is 2. The molecule has 3 nitrogen and oxygen atoms in total. The quantitative estimate of drug-likeness (QED) is 0.804. The zero-order valence-electron chi connectivity index (χ0n) is 9.76. The molecule has 15 heavy (non-hydrogen) atoms. The topological polar surface area (TPSA) is 48.7 Å². The Morgan fingerprint density at radius 1 is 1.40 bits per heavy atom. The molecule has 1 aromatic rings. The molecule has 0 saturated heterocycles. The molecule has 0 aliphatic carbocycles. The van der Waals surface area contributed by atoms with Crippen LogP contribution >= 0.6 is 0 Å². The molecule has 3 heteroatoms. The van der Waals surface area contributed by atoms with Crippen molar-refractivity contribution in [1.29, 1.82) is 5.26 Å². The van der Waals surface area contributed by atoms with E-state index in [0.717, 1.165) is 12.2 Å². The maximum absolute atomic E-state index is 8.91. The van der Waals surface area contributed by atoms with Crippen molar-refractivity contribution in [1.82, 2.24) is 4.98 Å². The van der Waals surface area contributed by atoms with E-state index in [1.54, 1.807) is 6.07 Å².